The first kappa shape index (κ1) is 18.3. The van der Waals surface area contributed by atoms with Crippen molar-refractivity contribution < 1.29 is 19.7 Å². The van der Waals surface area contributed by atoms with Gasteiger partial charge in [0.15, 0.2) is 0 Å². The third-order valence-electron chi connectivity index (χ3n) is 5.26. The number of phenols is 2. The number of benzene rings is 2. The molecule has 4 nitrogen and oxygen atoms in total. The molecule has 26 heavy (non-hydrogen) atoms. The molecule has 0 spiro atoms. The van der Waals surface area contributed by atoms with E-state index in [1.54, 1.807) is 24.3 Å². The maximum Gasteiger partial charge on any atom is 0.306 e. The second-order valence-corrected chi connectivity index (χ2v) is 7.17. The SMILES string of the molecule is Cc1cc(O)ccc1CCC(=O)OC1CCC(c2ccc(O)cc2)CC1. The molecule has 2 N–H and O–H groups in total. The molecule has 0 aromatic heterocycles. The summed E-state index contributed by atoms with van der Waals surface area (Å²) in [7, 11) is 0. The first-order chi connectivity index (χ1) is 12.5. The Hall–Kier alpha value is -2.49. The van der Waals surface area contributed by atoms with Gasteiger partial charge in [0.2, 0.25) is 0 Å². The predicted octanol–water partition coefficient (Wildman–Crippen LogP) is 4.61. The van der Waals surface area contributed by atoms with Crippen LogP contribution in [0.4, 0.5) is 0 Å². The fourth-order valence-corrected chi connectivity index (χ4v) is 3.70. The third kappa shape index (κ3) is 4.78. The summed E-state index contributed by atoms with van der Waals surface area (Å²) in [5, 5.41) is 18.8. The van der Waals surface area contributed by atoms with Gasteiger partial charge in [-0.3, -0.25) is 4.79 Å². The van der Waals surface area contributed by atoms with Gasteiger partial charge in [-0.25, -0.2) is 0 Å². The van der Waals surface area contributed by atoms with Gasteiger partial charge < -0.3 is 14.9 Å². The molecule has 0 aliphatic heterocycles. The van der Waals surface area contributed by atoms with E-state index in [4.69, 9.17) is 4.74 Å². The third-order valence-corrected chi connectivity index (χ3v) is 5.26. The van der Waals surface area contributed by atoms with Gasteiger partial charge in [0.05, 0.1) is 0 Å². The molecule has 0 unspecified atom stereocenters. The smallest absolute Gasteiger partial charge is 0.306 e. The quantitative estimate of drug-likeness (QED) is 0.770. The number of aromatic hydroxyl groups is 2. The van der Waals surface area contributed by atoms with E-state index in [-0.39, 0.29) is 17.8 Å². The summed E-state index contributed by atoms with van der Waals surface area (Å²) < 4.78 is 5.65. The van der Waals surface area contributed by atoms with Crippen LogP contribution in [0.1, 0.15) is 54.7 Å². The van der Waals surface area contributed by atoms with Crippen molar-refractivity contribution in [1.29, 1.82) is 0 Å². The molecule has 4 heteroatoms. The molecule has 0 saturated heterocycles. The summed E-state index contributed by atoms with van der Waals surface area (Å²) in [6, 6.07) is 12.6. The normalized spacial score (nSPS) is 19.9. The van der Waals surface area contributed by atoms with Crippen LogP contribution in [-0.4, -0.2) is 22.3 Å². The van der Waals surface area contributed by atoms with Crippen molar-refractivity contribution in [2.75, 3.05) is 0 Å². The Kier molecular flexibility index (Phi) is 5.82. The Morgan fingerprint density at radius 2 is 1.65 bits per heavy atom. The van der Waals surface area contributed by atoms with Crippen molar-refractivity contribution in [3.8, 4) is 11.5 Å². The van der Waals surface area contributed by atoms with Gasteiger partial charge in [-0.05, 0) is 85.9 Å². The summed E-state index contributed by atoms with van der Waals surface area (Å²) in [4.78, 5) is 12.2. The highest BCUT2D eigenvalue weighted by molar-refractivity contribution is 5.70. The molecule has 0 radical (unpaired) electrons. The molecule has 0 amide bonds. The number of carbonyl (C=O) groups is 1. The summed E-state index contributed by atoms with van der Waals surface area (Å²) in [5.74, 6) is 0.871. The summed E-state index contributed by atoms with van der Waals surface area (Å²) in [5.41, 5.74) is 3.30. The Balaban J connectivity index is 1.43. The van der Waals surface area contributed by atoms with Gasteiger partial charge in [-0.2, -0.15) is 0 Å². The molecule has 3 rings (SSSR count). The molecule has 1 aliphatic rings. The summed E-state index contributed by atoms with van der Waals surface area (Å²) >= 11 is 0. The molecule has 1 fully saturated rings. The second-order valence-electron chi connectivity index (χ2n) is 7.17. The molecule has 0 heterocycles. The highest BCUT2D eigenvalue weighted by Crippen LogP contribution is 2.34. The molecule has 1 aliphatic carbocycles. The van der Waals surface area contributed by atoms with Crippen LogP contribution in [0.25, 0.3) is 0 Å². The van der Waals surface area contributed by atoms with Gasteiger partial charge in [0.25, 0.3) is 0 Å². The molecule has 2 aromatic carbocycles. The highest BCUT2D eigenvalue weighted by atomic mass is 16.5. The van der Waals surface area contributed by atoms with Crippen LogP contribution in [0.3, 0.4) is 0 Å². The molecule has 0 atom stereocenters. The molecule has 2 aromatic rings. The fraction of sp³-hybridized carbons (Fsp3) is 0.409. The summed E-state index contributed by atoms with van der Waals surface area (Å²) in [6.45, 7) is 1.94. The lowest BCUT2D eigenvalue weighted by atomic mass is 9.83. The lowest BCUT2D eigenvalue weighted by Gasteiger charge is -2.28. The van der Waals surface area contributed by atoms with E-state index in [1.165, 1.54) is 5.56 Å². The largest absolute Gasteiger partial charge is 0.508 e. The zero-order chi connectivity index (χ0) is 18.5. The average molecular weight is 354 g/mol. The minimum atomic E-state index is -0.148. The zero-order valence-corrected chi connectivity index (χ0v) is 15.1. The molecular formula is C22H26O4. The minimum Gasteiger partial charge on any atom is -0.508 e. The number of rotatable bonds is 5. The Morgan fingerprint density at radius 3 is 2.31 bits per heavy atom. The van der Waals surface area contributed by atoms with E-state index in [2.05, 4.69) is 0 Å². The van der Waals surface area contributed by atoms with Crippen molar-refractivity contribution in [3.05, 3.63) is 59.2 Å². The van der Waals surface area contributed by atoms with Crippen molar-refractivity contribution in [2.24, 2.45) is 0 Å². The molecule has 0 bridgehead atoms. The lowest BCUT2D eigenvalue weighted by molar-refractivity contribution is -0.150. The molecular weight excluding hydrogens is 328 g/mol. The van der Waals surface area contributed by atoms with E-state index in [9.17, 15) is 15.0 Å². The van der Waals surface area contributed by atoms with E-state index in [0.717, 1.165) is 36.8 Å². The number of phenolic OH excluding ortho intramolecular Hbond substituents is 2. The van der Waals surface area contributed by atoms with Crippen molar-refractivity contribution >= 4 is 5.97 Å². The van der Waals surface area contributed by atoms with Crippen molar-refractivity contribution in [2.45, 2.75) is 57.5 Å². The van der Waals surface area contributed by atoms with Crippen molar-refractivity contribution in [1.82, 2.24) is 0 Å². The average Bonchev–Trinajstić information content (AvgIpc) is 2.62. The van der Waals surface area contributed by atoms with E-state index in [0.29, 0.717) is 24.5 Å². The van der Waals surface area contributed by atoms with Crippen LogP contribution in [-0.2, 0) is 16.0 Å². The maximum absolute atomic E-state index is 12.2. The second kappa shape index (κ2) is 8.26. The Morgan fingerprint density at radius 1 is 1.00 bits per heavy atom. The van der Waals surface area contributed by atoms with E-state index >= 15 is 0 Å². The number of ether oxygens (including phenoxy) is 1. The van der Waals surface area contributed by atoms with Gasteiger partial charge in [0, 0.05) is 6.42 Å². The van der Waals surface area contributed by atoms with Gasteiger partial charge >= 0.3 is 5.97 Å². The van der Waals surface area contributed by atoms with Crippen LogP contribution >= 0.6 is 0 Å². The lowest BCUT2D eigenvalue weighted by Crippen LogP contribution is -2.24. The molecule has 1 saturated carbocycles. The van der Waals surface area contributed by atoms with Gasteiger partial charge in [-0.15, -0.1) is 0 Å². The van der Waals surface area contributed by atoms with Crippen LogP contribution in [0.2, 0.25) is 0 Å². The topological polar surface area (TPSA) is 66.8 Å². The highest BCUT2D eigenvalue weighted by Gasteiger charge is 2.24. The van der Waals surface area contributed by atoms with Gasteiger partial charge in [0.1, 0.15) is 17.6 Å². The minimum absolute atomic E-state index is 0.0109. The number of hydrogen-bond donors (Lipinski definition) is 2. The van der Waals surface area contributed by atoms with Crippen LogP contribution < -0.4 is 0 Å². The Bertz CT molecular complexity index is 743. The number of esters is 1. The van der Waals surface area contributed by atoms with E-state index in [1.807, 2.05) is 25.1 Å². The standard InChI is InChI=1S/C22H26O4/c1-15-14-20(24)10-2-16(15)7-13-22(25)26-21-11-5-18(6-12-21)17-3-8-19(23)9-4-17/h2-4,8-10,14,18,21,23-24H,5-7,11-13H2,1H3. The van der Waals surface area contributed by atoms with Gasteiger partial charge in [-0.1, -0.05) is 18.2 Å². The number of aryl methyl sites for hydroxylation is 2. The molecule has 138 valence electrons. The zero-order valence-electron chi connectivity index (χ0n) is 15.1. The first-order valence-electron chi connectivity index (χ1n) is 9.28. The van der Waals surface area contributed by atoms with Crippen LogP contribution in [0, 0.1) is 6.92 Å². The van der Waals surface area contributed by atoms with E-state index < -0.39 is 0 Å². The van der Waals surface area contributed by atoms with Crippen molar-refractivity contribution in [3.63, 3.8) is 0 Å². The number of carbonyl (C=O) groups excluding carboxylic acids is 1. The fourth-order valence-electron chi connectivity index (χ4n) is 3.70. The number of hydrogen-bond acceptors (Lipinski definition) is 4. The van der Waals surface area contributed by atoms with Crippen LogP contribution in [0.15, 0.2) is 42.5 Å². The monoisotopic (exact) mass is 354 g/mol. The maximum atomic E-state index is 12.2. The summed E-state index contributed by atoms with van der Waals surface area (Å²) in [6.07, 6.45) is 4.78. The Labute approximate surface area is 154 Å². The predicted molar refractivity (Wildman–Crippen MR) is 100 cm³/mol. The van der Waals surface area contributed by atoms with Crippen LogP contribution in [0.5, 0.6) is 11.5 Å². The first-order valence-corrected chi connectivity index (χ1v) is 9.28.